The van der Waals surface area contributed by atoms with Crippen molar-refractivity contribution in [3.05, 3.63) is 65.9 Å². The van der Waals surface area contributed by atoms with Gasteiger partial charge in [0.05, 0.1) is 18.0 Å². The molecule has 23 heavy (non-hydrogen) atoms. The van der Waals surface area contributed by atoms with Crippen LogP contribution in [-0.2, 0) is 6.18 Å². The van der Waals surface area contributed by atoms with E-state index in [0.29, 0.717) is 5.82 Å². The van der Waals surface area contributed by atoms with Crippen molar-refractivity contribution in [2.24, 2.45) is 5.10 Å². The zero-order chi connectivity index (χ0) is 16.3. The van der Waals surface area contributed by atoms with Gasteiger partial charge in [0.25, 0.3) is 0 Å². The largest absolute Gasteiger partial charge is 0.417 e. The Balaban J connectivity index is 1.87. The van der Waals surface area contributed by atoms with Crippen LogP contribution in [0.25, 0.3) is 10.8 Å². The molecule has 7 heteroatoms. The van der Waals surface area contributed by atoms with Crippen LogP contribution in [0.4, 0.5) is 19.0 Å². The number of alkyl halides is 3. The van der Waals surface area contributed by atoms with E-state index in [2.05, 4.69) is 20.7 Å². The summed E-state index contributed by atoms with van der Waals surface area (Å²) in [4.78, 5) is 0. The minimum absolute atomic E-state index is 0.0271. The van der Waals surface area contributed by atoms with E-state index in [1.165, 1.54) is 18.2 Å². The van der Waals surface area contributed by atoms with Crippen LogP contribution in [0.3, 0.4) is 0 Å². The molecule has 1 N–H and O–H groups in total. The second-order valence-corrected chi connectivity index (χ2v) is 4.74. The van der Waals surface area contributed by atoms with Crippen molar-refractivity contribution in [3.63, 3.8) is 0 Å². The van der Waals surface area contributed by atoms with Crippen molar-refractivity contribution in [1.82, 2.24) is 10.2 Å². The molecular formula is C16H11F3N4. The minimum atomic E-state index is -4.43. The summed E-state index contributed by atoms with van der Waals surface area (Å²) in [7, 11) is 0. The number of aromatic nitrogens is 2. The van der Waals surface area contributed by atoms with Gasteiger partial charge in [0.2, 0.25) is 0 Å². The number of rotatable bonds is 3. The maximum atomic E-state index is 12.9. The summed E-state index contributed by atoms with van der Waals surface area (Å²) in [6.45, 7) is 0. The van der Waals surface area contributed by atoms with E-state index < -0.39 is 11.7 Å². The summed E-state index contributed by atoms with van der Waals surface area (Å²) in [5, 5.41) is 13.2. The van der Waals surface area contributed by atoms with E-state index >= 15 is 0 Å². The Bertz CT molecular complexity index is 854. The second-order valence-electron chi connectivity index (χ2n) is 4.74. The molecule has 116 valence electrons. The van der Waals surface area contributed by atoms with Gasteiger partial charge >= 0.3 is 6.18 Å². The zero-order valence-corrected chi connectivity index (χ0v) is 11.7. The summed E-state index contributed by atoms with van der Waals surface area (Å²) in [5.74, 6) is 0.379. The monoisotopic (exact) mass is 316 g/mol. The lowest BCUT2D eigenvalue weighted by molar-refractivity contribution is -0.137. The lowest BCUT2D eigenvalue weighted by atomic mass is 10.1. The van der Waals surface area contributed by atoms with Crippen LogP contribution in [0.1, 0.15) is 11.1 Å². The van der Waals surface area contributed by atoms with E-state index in [4.69, 9.17) is 0 Å². The molecule has 0 amide bonds. The Morgan fingerprint density at radius 3 is 2.57 bits per heavy atom. The average molecular weight is 316 g/mol. The molecule has 0 aliphatic heterocycles. The SMILES string of the molecule is FC(F)(F)c1ccccc1/C=N\Nc1nncc2ccccc12. The quantitative estimate of drug-likeness (QED) is 0.585. The summed E-state index contributed by atoms with van der Waals surface area (Å²) >= 11 is 0. The fraction of sp³-hybridized carbons (Fsp3) is 0.0625. The first-order valence-electron chi connectivity index (χ1n) is 6.71. The van der Waals surface area contributed by atoms with Crippen molar-refractivity contribution in [1.29, 1.82) is 0 Å². The highest BCUT2D eigenvalue weighted by Gasteiger charge is 2.32. The lowest BCUT2D eigenvalue weighted by Crippen LogP contribution is -2.09. The number of benzene rings is 2. The highest BCUT2D eigenvalue weighted by atomic mass is 19.4. The van der Waals surface area contributed by atoms with E-state index in [1.807, 2.05) is 24.3 Å². The van der Waals surface area contributed by atoms with Crippen molar-refractivity contribution in [3.8, 4) is 0 Å². The third kappa shape index (κ3) is 3.28. The Hall–Kier alpha value is -2.96. The maximum Gasteiger partial charge on any atom is 0.417 e. The van der Waals surface area contributed by atoms with E-state index in [-0.39, 0.29) is 5.56 Å². The predicted octanol–water partition coefficient (Wildman–Crippen LogP) is 4.09. The molecule has 3 aromatic rings. The smallest absolute Gasteiger partial charge is 0.259 e. The van der Waals surface area contributed by atoms with Gasteiger partial charge in [-0.3, -0.25) is 5.43 Å². The van der Waals surface area contributed by atoms with Gasteiger partial charge in [-0.15, -0.1) is 5.10 Å². The number of halogens is 3. The molecule has 0 atom stereocenters. The summed E-state index contributed by atoms with van der Waals surface area (Å²) in [6, 6.07) is 12.6. The van der Waals surface area contributed by atoms with Crippen LogP contribution in [0.5, 0.6) is 0 Å². The molecule has 0 saturated heterocycles. The third-order valence-electron chi connectivity index (χ3n) is 3.21. The molecule has 4 nitrogen and oxygen atoms in total. The van der Waals surface area contributed by atoms with Gasteiger partial charge in [-0.1, -0.05) is 42.5 Å². The van der Waals surface area contributed by atoms with Crippen molar-refractivity contribution in [2.75, 3.05) is 5.43 Å². The number of fused-ring (bicyclic) bond motifs is 1. The molecule has 0 radical (unpaired) electrons. The Morgan fingerprint density at radius 2 is 1.74 bits per heavy atom. The molecule has 3 rings (SSSR count). The fourth-order valence-corrected chi connectivity index (χ4v) is 2.14. The molecule has 2 aromatic carbocycles. The van der Waals surface area contributed by atoms with Crippen LogP contribution < -0.4 is 5.43 Å². The number of nitrogens with zero attached hydrogens (tertiary/aromatic N) is 3. The number of anilines is 1. The molecule has 1 aromatic heterocycles. The van der Waals surface area contributed by atoms with Crippen LogP contribution >= 0.6 is 0 Å². The number of hydrogen-bond donors (Lipinski definition) is 1. The van der Waals surface area contributed by atoms with Crippen LogP contribution in [-0.4, -0.2) is 16.4 Å². The van der Waals surface area contributed by atoms with Gasteiger partial charge in [0.1, 0.15) is 0 Å². The maximum absolute atomic E-state index is 12.9. The van der Waals surface area contributed by atoms with E-state index in [1.54, 1.807) is 6.20 Å². The molecule has 0 saturated carbocycles. The van der Waals surface area contributed by atoms with E-state index in [9.17, 15) is 13.2 Å². The van der Waals surface area contributed by atoms with Crippen molar-refractivity contribution in [2.45, 2.75) is 6.18 Å². The molecule has 0 aliphatic carbocycles. The molecule has 0 fully saturated rings. The lowest BCUT2D eigenvalue weighted by Gasteiger charge is -2.09. The first kappa shape index (κ1) is 15.0. The molecule has 0 aliphatic rings. The first-order valence-corrected chi connectivity index (χ1v) is 6.71. The first-order chi connectivity index (χ1) is 11.1. The van der Waals surface area contributed by atoms with Crippen LogP contribution in [0, 0.1) is 0 Å². The molecule has 0 bridgehead atoms. The van der Waals surface area contributed by atoms with Crippen molar-refractivity contribution < 1.29 is 13.2 Å². The second kappa shape index (κ2) is 6.04. The zero-order valence-electron chi connectivity index (χ0n) is 11.7. The van der Waals surface area contributed by atoms with Gasteiger partial charge in [-0.25, -0.2) is 0 Å². The normalized spacial score (nSPS) is 12.0. The number of hydrazone groups is 1. The fourth-order valence-electron chi connectivity index (χ4n) is 2.14. The number of nitrogens with one attached hydrogen (secondary N) is 1. The Kier molecular flexibility index (Phi) is 3.92. The Labute approximate surface area is 129 Å². The minimum Gasteiger partial charge on any atom is -0.259 e. The molecule has 1 heterocycles. The predicted molar refractivity (Wildman–Crippen MR) is 82.2 cm³/mol. The standard InChI is InChI=1S/C16H11F3N4/c17-16(18,19)14-8-4-2-6-12(14)10-21-23-15-13-7-3-1-5-11(13)9-20-22-15/h1-10H,(H,22,23)/b21-10-. The van der Waals surface area contributed by atoms with E-state index in [0.717, 1.165) is 23.1 Å². The summed E-state index contributed by atoms with van der Waals surface area (Å²) in [5.41, 5.74) is 1.87. The van der Waals surface area contributed by atoms with Gasteiger partial charge in [0, 0.05) is 16.3 Å². The highest BCUT2D eigenvalue weighted by Crippen LogP contribution is 2.31. The summed E-state index contributed by atoms with van der Waals surface area (Å²) < 4.78 is 38.7. The van der Waals surface area contributed by atoms with Gasteiger partial charge in [-0.05, 0) is 6.07 Å². The van der Waals surface area contributed by atoms with Crippen LogP contribution in [0.15, 0.2) is 59.8 Å². The number of hydrogen-bond acceptors (Lipinski definition) is 4. The van der Waals surface area contributed by atoms with Gasteiger partial charge in [0.15, 0.2) is 5.82 Å². The molecule has 0 spiro atoms. The van der Waals surface area contributed by atoms with Gasteiger partial charge < -0.3 is 0 Å². The highest BCUT2D eigenvalue weighted by molar-refractivity contribution is 5.91. The van der Waals surface area contributed by atoms with Crippen LogP contribution in [0.2, 0.25) is 0 Å². The third-order valence-corrected chi connectivity index (χ3v) is 3.21. The Morgan fingerprint density at radius 1 is 1.00 bits per heavy atom. The average Bonchev–Trinajstić information content (AvgIpc) is 2.55. The molecular weight excluding hydrogens is 305 g/mol. The molecule has 0 unspecified atom stereocenters. The van der Waals surface area contributed by atoms with Crippen molar-refractivity contribution >= 4 is 22.8 Å². The topological polar surface area (TPSA) is 50.2 Å². The summed E-state index contributed by atoms with van der Waals surface area (Å²) in [6.07, 6.45) is -1.71. The van der Waals surface area contributed by atoms with Gasteiger partial charge in [-0.2, -0.15) is 23.4 Å².